The third-order valence-electron chi connectivity index (χ3n) is 2.14. The quantitative estimate of drug-likeness (QED) is 0.837. The maximum absolute atomic E-state index is 10.4. The summed E-state index contributed by atoms with van der Waals surface area (Å²) in [5.41, 5.74) is -0.214. The van der Waals surface area contributed by atoms with Crippen molar-refractivity contribution in [1.82, 2.24) is 0 Å². The molecule has 1 nitrogen and oxygen atoms in total. The molecule has 0 radical (unpaired) electrons. The van der Waals surface area contributed by atoms with Crippen LogP contribution in [0.15, 0.2) is 30.3 Å². The zero-order valence-electron chi connectivity index (χ0n) is 8.38. The SMILES string of the molecule is CC(Cl)(Cl)CC(O)(CBr)c1ccccc1. The van der Waals surface area contributed by atoms with Crippen molar-refractivity contribution in [3.8, 4) is 0 Å². The Morgan fingerprint density at radius 3 is 2.20 bits per heavy atom. The van der Waals surface area contributed by atoms with Gasteiger partial charge in [-0.25, -0.2) is 0 Å². The predicted octanol–water partition coefficient (Wildman–Crippen LogP) is 3.85. The van der Waals surface area contributed by atoms with E-state index in [9.17, 15) is 5.11 Å². The van der Waals surface area contributed by atoms with Crippen LogP contribution in [0.3, 0.4) is 0 Å². The molecule has 1 unspecified atom stereocenters. The van der Waals surface area contributed by atoms with E-state index in [2.05, 4.69) is 15.9 Å². The number of aliphatic hydroxyl groups is 1. The lowest BCUT2D eigenvalue weighted by Crippen LogP contribution is -2.33. The number of hydrogen-bond donors (Lipinski definition) is 1. The predicted molar refractivity (Wildman–Crippen MR) is 68.9 cm³/mol. The molecule has 0 aliphatic carbocycles. The Morgan fingerprint density at radius 1 is 1.27 bits per heavy atom. The van der Waals surface area contributed by atoms with E-state index in [1.807, 2.05) is 30.3 Å². The van der Waals surface area contributed by atoms with E-state index in [4.69, 9.17) is 23.2 Å². The summed E-state index contributed by atoms with van der Waals surface area (Å²) >= 11 is 15.2. The minimum Gasteiger partial charge on any atom is -0.384 e. The maximum Gasteiger partial charge on any atom is 0.118 e. The van der Waals surface area contributed by atoms with Crippen molar-refractivity contribution in [2.75, 3.05) is 5.33 Å². The molecule has 0 amide bonds. The molecule has 84 valence electrons. The molecule has 0 aromatic heterocycles. The van der Waals surface area contributed by atoms with Crippen LogP contribution < -0.4 is 0 Å². The topological polar surface area (TPSA) is 20.2 Å². The standard InChI is InChI=1S/C11H13BrCl2O/c1-10(13,14)7-11(15,8-12)9-5-3-2-4-6-9/h2-6,15H,7-8H2,1H3. The second-order valence-corrected chi connectivity index (χ2v) is 6.20. The highest BCUT2D eigenvalue weighted by Crippen LogP contribution is 2.37. The van der Waals surface area contributed by atoms with Gasteiger partial charge in [-0.2, -0.15) is 0 Å². The molecule has 0 bridgehead atoms. The largest absolute Gasteiger partial charge is 0.384 e. The highest BCUT2D eigenvalue weighted by molar-refractivity contribution is 9.09. The summed E-state index contributed by atoms with van der Waals surface area (Å²) in [7, 11) is 0. The fourth-order valence-corrected chi connectivity index (χ4v) is 2.45. The molecule has 0 aliphatic rings. The first-order chi connectivity index (χ1) is 6.87. The second kappa shape index (κ2) is 5.05. The summed E-state index contributed by atoms with van der Waals surface area (Å²) in [6, 6.07) is 9.38. The normalized spacial score (nSPS) is 16.1. The van der Waals surface area contributed by atoms with Crippen LogP contribution in [0.5, 0.6) is 0 Å². The number of benzene rings is 1. The lowest BCUT2D eigenvalue weighted by Gasteiger charge is -2.30. The van der Waals surface area contributed by atoms with Crippen molar-refractivity contribution in [1.29, 1.82) is 0 Å². The molecule has 0 heterocycles. The van der Waals surface area contributed by atoms with E-state index in [0.717, 1.165) is 5.56 Å². The lowest BCUT2D eigenvalue weighted by molar-refractivity contribution is 0.0512. The van der Waals surface area contributed by atoms with E-state index in [0.29, 0.717) is 5.33 Å². The first kappa shape index (κ1) is 13.3. The van der Waals surface area contributed by atoms with E-state index >= 15 is 0 Å². The van der Waals surface area contributed by atoms with Gasteiger partial charge in [0.1, 0.15) is 9.93 Å². The van der Waals surface area contributed by atoms with Crippen LogP contribution >= 0.6 is 39.1 Å². The Kier molecular flexibility index (Phi) is 4.48. The lowest BCUT2D eigenvalue weighted by atomic mass is 9.91. The van der Waals surface area contributed by atoms with Gasteiger partial charge in [-0.1, -0.05) is 46.3 Å². The minimum absolute atomic E-state index is 0.276. The Morgan fingerprint density at radius 2 is 1.80 bits per heavy atom. The first-order valence-electron chi connectivity index (χ1n) is 4.59. The molecule has 0 spiro atoms. The molecule has 0 fully saturated rings. The molecule has 1 atom stereocenters. The molecule has 1 N–H and O–H groups in total. The van der Waals surface area contributed by atoms with Gasteiger partial charge in [-0.15, -0.1) is 23.2 Å². The van der Waals surface area contributed by atoms with Crippen molar-refractivity contribution in [3.05, 3.63) is 35.9 Å². The molecular weight excluding hydrogens is 299 g/mol. The van der Waals surface area contributed by atoms with Crippen molar-refractivity contribution >= 4 is 39.1 Å². The van der Waals surface area contributed by atoms with Crippen molar-refractivity contribution in [2.24, 2.45) is 0 Å². The van der Waals surface area contributed by atoms with Gasteiger partial charge in [0, 0.05) is 11.8 Å². The maximum atomic E-state index is 10.4. The number of hydrogen-bond acceptors (Lipinski definition) is 1. The van der Waals surface area contributed by atoms with Gasteiger partial charge in [-0.3, -0.25) is 0 Å². The monoisotopic (exact) mass is 310 g/mol. The fraction of sp³-hybridized carbons (Fsp3) is 0.455. The third-order valence-corrected chi connectivity index (χ3v) is 3.33. The zero-order valence-corrected chi connectivity index (χ0v) is 11.5. The summed E-state index contributed by atoms with van der Waals surface area (Å²) in [6.45, 7) is 1.67. The second-order valence-electron chi connectivity index (χ2n) is 3.78. The Labute approximate surface area is 109 Å². The minimum atomic E-state index is -1.03. The molecule has 1 aromatic rings. The molecule has 0 aliphatic heterocycles. The van der Waals surface area contributed by atoms with E-state index in [1.165, 1.54) is 0 Å². The highest BCUT2D eigenvalue weighted by atomic mass is 79.9. The molecular formula is C11H13BrCl2O. The van der Waals surface area contributed by atoms with Crippen LogP contribution in [-0.2, 0) is 5.60 Å². The number of halogens is 3. The Hall–Kier alpha value is 0.240. The average molecular weight is 312 g/mol. The fourth-order valence-electron chi connectivity index (χ4n) is 1.49. The molecule has 1 rings (SSSR count). The zero-order chi connectivity index (χ0) is 11.5. The number of rotatable bonds is 4. The van der Waals surface area contributed by atoms with E-state index < -0.39 is 9.93 Å². The summed E-state index contributed by atoms with van der Waals surface area (Å²) in [5, 5.41) is 10.8. The smallest absolute Gasteiger partial charge is 0.118 e. The van der Waals surface area contributed by atoms with Gasteiger partial charge >= 0.3 is 0 Å². The van der Waals surface area contributed by atoms with E-state index in [-0.39, 0.29) is 6.42 Å². The van der Waals surface area contributed by atoms with Crippen molar-refractivity contribution in [2.45, 2.75) is 23.3 Å². The molecule has 15 heavy (non-hydrogen) atoms. The van der Waals surface area contributed by atoms with Crippen LogP contribution in [-0.4, -0.2) is 14.8 Å². The van der Waals surface area contributed by atoms with Crippen LogP contribution in [0.4, 0.5) is 0 Å². The van der Waals surface area contributed by atoms with Crippen LogP contribution in [0.1, 0.15) is 18.9 Å². The van der Waals surface area contributed by atoms with Crippen LogP contribution in [0, 0.1) is 0 Å². The van der Waals surface area contributed by atoms with Gasteiger partial charge in [0.15, 0.2) is 0 Å². The third kappa shape index (κ3) is 3.95. The van der Waals surface area contributed by atoms with Gasteiger partial charge in [0.25, 0.3) is 0 Å². The van der Waals surface area contributed by atoms with Gasteiger partial charge in [-0.05, 0) is 12.5 Å². The summed E-state index contributed by atoms with van der Waals surface area (Å²) in [5.74, 6) is 0. The number of alkyl halides is 3. The molecule has 1 aromatic carbocycles. The van der Waals surface area contributed by atoms with Crippen LogP contribution in [0.2, 0.25) is 0 Å². The van der Waals surface area contributed by atoms with Gasteiger partial charge in [0.05, 0.1) is 0 Å². The van der Waals surface area contributed by atoms with Crippen molar-refractivity contribution < 1.29 is 5.11 Å². The molecule has 0 saturated heterocycles. The summed E-state index contributed by atoms with van der Waals surface area (Å²) in [6.07, 6.45) is 0.276. The van der Waals surface area contributed by atoms with Gasteiger partial charge in [0.2, 0.25) is 0 Å². The first-order valence-corrected chi connectivity index (χ1v) is 6.47. The van der Waals surface area contributed by atoms with Gasteiger partial charge < -0.3 is 5.11 Å². The Balaban J connectivity index is 2.96. The van der Waals surface area contributed by atoms with Crippen molar-refractivity contribution in [3.63, 3.8) is 0 Å². The van der Waals surface area contributed by atoms with E-state index in [1.54, 1.807) is 6.92 Å². The summed E-state index contributed by atoms with van der Waals surface area (Å²) in [4.78, 5) is 0. The highest BCUT2D eigenvalue weighted by Gasteiger charge is 2.35. The molecule has 4 heteroatoms. The molecule has 0 saturated carbocycles. The summed E-state index contributed by atoms with van der Waals surface area (Å²) < 4.78 is -0.946. The van der Waals surface area contributed by atoms with Crippen LogP contribution in [0.25, 0.3) is 0 Å². The Bertz CT molecular complexity index is 310. The average Bonchev–Trinajstić information content (AvgIpc) is 2.16.